The molecule has 0 aliphatic heterocycles. The number of carbonyl (C=O) groups excluding carboxylic acids is 1. The largest absolute Gasteiger partial charge is 0.469 e. The minimum Gasteiger partial charge on any atom is -0.469 e. The van der Waals surface area contributed by atoms with E-state index in [0.29, 0.717) is 5.56 Å². The fourth-order valence-electron chi connectivity index (χ4n) is 1.43. The molecule has 0 aliphatic rings. The third-order valence-electron chi connectivity index (χ3n) is 2.37. The maximum atomic E-state index is 11.0. The van der Waals surface area contributed by atoms with E-state index >= 15 is 0 Å². The van der Waals surface area contributed by atoms with Gasteiger partial charge in [0, 0.05) is 5.56 Å². The van der Waals surface area contributed by atoms with Crippen LogP contribution in [0.25, 0.3) is 0 Å². The molecule has 2 atom stereocenters. The number of esters is 1. The van der Waals surface area contributed by atoms with Crippen molar-refractivity contribution in [2.45, 2.75) is 18.6 Å². The van der Waals surface area contributed by atoms with Gasteiger partial charge in [-0.3, -0.25) is 4.79 Å². The van der Waals surface area contributed by atoms with Crippen molar-refractivity contribution in [2.24, 2.45) is 0 Å². The second-order valence-electron chi connectivity index (χ2n) is 3.49. The number of ether oxygens (including phenoxy) is 1. The molecular formula is C12H13NO4. The normalized spacial score (nSPS) is 13.5. The monoisotopic (exact) mass is 235 g/mol. The molecule has 0 amide bonds. The first kappa shape index (κ1) is 13.2. The lowest BCUT2D eigenvalue weighted by atomic mass is 9.98. The maximum Gasteiger partial charge on any atom is 0.308 e. The van der Waals surface area contributed by atoms with Crippen LogP contribution in [0, 0.1) is 11.3 Å². The van der Waals surface area contributed by atoms with E-state index < -0.39 is 18.2 Å². The number of hydrogen-bond acceptors (Lipinski definition) is 5. The van der Waals surface area contributed by atoms with E-state index in [4.69, 9.17) is 5.26 Å². The topological polar surface area (TPSA) is 90.6 Å². The number of rotatable bonds is 4. The lowest BCUT2D eigenvalue weighted by molar-refractivity contribution is -0.144. The first-order chi connectivity index (χ1) is 8.10. The molecule has 0 saturated heterocycles. The molecule has 0 radical (unpaired) electrons. The van der Waals surface area contributed by atoms with Crippen LogP contribution in [0.5, 0.6) is 0 Å². The van der Waals surface area contributed by atoms with E-state index in [1.807, 2.05) is 6.07 Å². The van der Waals surface area contributed by atoms with Gasteiger partial charge in [0.2, 0.25) is 0 Å². The van der Waals surface area contributed by atoms with Gasteiger partial charge < -0.3 is 14.9 Å². The second kappa shape index (κ2) is 5.99. The standard InChI is InChI=1S/C12H13NO4/c1-17-11(15)6-10(14)12(16)9-5-3-2-4-8(9)7-13/h2-5,10,12,14,16H,6H2,1H3. The number of methoxy groups -OCH3 is 1. The Kier molecular flexibility index (Phi) is 4.64. The van der Waals surface area contributed by atoms with Crippen molar-refractivity contribution in [1.29, 1.82) is 5.26 Å². The Morgan fingerprint density at radius 3 is 2.71 bits per heavy atom. The second-order valence-corrected chi connectivity index (χ2v) is 3.49. The van der Waals surface area contributed by atoms with E-state index in [1.165, 1.54) is 19.2 Å². The van der Waals surface area contributed by atoms with Crippen molar-refractivity contribution in [3.63, 3.8) is 0 Å². The average Bonchev–Trinajstić information content (AvgIpc) is 2.37. The number of carbonyl (C=O) groups is 1. The average molecular weight is 235 g/mol. The number of nitriles is 1. The van der Waals surface area contributed by atoms with Crippen LogP contribution in [0.3, 0.4) is 0 Å². The van der Waals surface area contributed by atoms with Gasteiger partial charge >= 0.3 is 5.97 Å². The predicted octanol–water partition coefficient (Wildman–Crippen LogP) is 0.516. The summed E-state index contributed by atoms with van der Waals surface area (Å²) in [5.41, 5.74) is 0.565. The molecule has 5 nitrogen and oxygen atoms in total. The summed E-state index contributed by atoms with van der Waals surface area (Å²) in [6.07, 6.45) is -2.90. The molecule has 0 aliphatic carbocycles. The van der Waals surface area contributed by atoms with Gasteiger partial charge in [-0.1, -0.05) is 18.2 Å². The van der Waals surface area contributed by atoms with Crippen LogP contribution in [0.4, 0.5) is 0 Å². The molecule has 17 heavy (non-hydrogen) atoms. The Hall–Kier alpha value is -1.90. The molecule has 0 saturated carbocycles. The molecule has 0 spiro atoms. The zero-order valence-electron chi connectivity index (χ0n) is 9.33. The van der Waals surface area contributed by atoms with E-state index in [2.05, 4.69) is 4.74 Å². The molecule has 5 heteroatoms. The highest BCUT2D eigenvalue weighted by Crippen LogP contribution is 2.22. The van der Waals surface area contributed by atoms with Gasteiger partial charge in [0.15, 0.2) is 0 Å². The van der Waals surface area contributed by atoms with Crippen LogP contribution in [-0.2, 0) is 9.53 Å². The Balaban J connectivity index is 2.85. The molecule has 1 aromatic carbocycles. The van der Waals surface area contributed by atoms with Gasteiger partial charge in [-0.05, 0) is 6.07 Å². The maximum absolute atomic E-state index is 11.0. The Morgan fingerprint density at radius 1 is 1.47 bits per heavy atom. The van der Waals surface area contributed by atoms with Crippen LogP contribution in [0.15, 0.2) is 24.3 Å². The van der Waals surface area contributed by atoms with Crippen molar-refractivity contribution < 1.29 is 19.7 Å². The van der Waals surface area contributed by atoms with E-state index in [0.717, 1.165) is 0 Å². The first-order valence-corrected chi connectivity index (χ1v) is 5.02. The quantitative estimate of drug-likeness (QED) is 0.742. The summed E-state index contributed by atoms with van der Waals surface area (Å²) in [6, 6.07) is 8.27. The third kappa shape index (κ3) is 3.28. The Labute approximate surface area is 98.9 Å². The van der Waals surface area contributed by atoms with Gasteiger partial charge in [-0.25, -0.2) is 0 Å². The van der Waals surface area contributed by atoms with Crippen LogP contribution in [0.1, 0.15) is 23.7 Å². The van der Waals surface area contributed by atoms with Gasteiger partial charge in [0.25, 0.3) is 0 Å². The molecular weight excluding hydrogens is 222 g/mol. The Morgan fingerprint density at radius 2 is 2.12 bits per heavy atom. The molecule has 1 rings (SSSR count). The van der Waals surface area contributed by atoms with E-state index in [-0.39, 0.29) is 12.0 Å². The van der Waals surface area contributed by atoms with Crippen molar-refractivity contribution in [1.82, 2.24) is 0 Å². The first-order valence-electron chi connectivity index (χ1n) is 5.02. The fraction of sp³-hybridized carbons (Fsp3) is 0.333. The minimum absolute atomic E-state index is 0.268. The molecule has 0 heterocycles. The summed E-state index contributed by atoms with van der Waals surface area (Å²) < 4.78 is 4.39. The number of aliphatic hydroxyl groups excluding tert-OH is 2. The minimum atomic E-state index is -1.29. The zero-order chi connectivity index (χ0) is 12.8. The van der Waals surface area contributed by atoms with Crippen molar-refractivity contribution in [3.8, 4) is 6.07 Å². The summed E-state index contributed by atoms with van der Waals surface area (Å²) in [7, 11) is 1.20. The fourth-order valence-corrected chi connectivity index (χ4v) is 1.43. The summed E-state index contributed by atoms with van der Waals surface area (Å²) in [5.74, 6) is -0.619. The van der Waals surface area contributed by atoms with Crippen LogP contribution in [0.2, 0.25) is 0 Å². The number of aliphatic hydroxyl groups is 2. The molecule has 0 bridgehead atoms. The van der Waals surface area contributed by atoms with Crippen molar-refractivity contribution in [3.05, 3.63) is 35.4 Å². The molecule has 90 valence electrons. The molecule has 2 N–H and O–H groups in total. The lowest BCUT2D eigenvalue weighted by Crippen LogP contribution is -2.23. The highest BCUT2D eigenvalue weighted by molar-refractivity contribution is 5.69. The van der Waals surface area contributed by atoms with Gasteiger partial charge in [-0.15, -0.1) is 0 Å². The predicted molar refractivity (Wildman–Crippen MR) is 58.8 cm³/mol. The van der Waals surface area contributed by atoms with Gasteiger partial charge in [0.1, 0.15) is 6.10 Å². The van der Waals surface area contributed by atoms with E-state index in [1.54, 1.807) is 12.1 Å². The number of nitrogens with zero attached hydrogens (tertiary/aromatic N) is 1. The smallest absolute Gasteiger partial charge is 0.308 e. The molecule has 1 aromatic rings. The van der Waals surface area contributed by atoms with Gasteiger partial charge in [-0.2, -0.15) is 5.26 Å². The van der Waals surface area contributed by atoms with Crippen molar-refractivity contribution >= 4 is 5.97 Å². The molecule has 2 unspecified atom stereocenters. The summed E-state index contributed by atoms with van der Waals surface area (Å²) in [5, 5.41) is 28.3. The third-order valence-corrected chi connectivity index (χ3v) is 2.37. The summed E-state index contributed by atoms with van der Waals surface area (Å²) in [4.78, 5) is 11.0. The van der Waals surface area contributed by atoms with Gasteiger partial charge in [0.05, 0.1) is 31.3 Å². The lowest BCUT2D eigenvalue weighted by Gasteiger charge is -2.17. The zero-order valence-corrected chi connectivity index (χ0v) is 9.33. The highest BCUT2D eigenvalue weighted by atomic mass is 16.5. The molecule has 0 fully saturated rings. The molecule has 0 aromatic heterocycles. The summed E-state index contributed by atoms with van der Waals surface area (Å²) in [6.45, 7) is 0. The van der Waals surface area contributed by atoms with Crippen LogP contribution >= 0.6 is 0 Å². The SMILES string of the molecule is COC(=O)CC(O)C(O)c1ccccc1C#N. The Bertz CT molecular complexity index is 438. The van der Waals surface area contributed by atoms with Crippen LogP contribution in [-0.4, -0.2) is 29.4 Å². The van der Waals surface area contributed by atoms with Crippen LogP contribution < -0.4 is 0 Å². The van der Waals surface area contributed by atoms with Crippen molar-refractivity contribution in [2.75, 3.05) is 7.11 Å². The highest BCUT2D eigenvalue weighted by Gasteiger charge is 2.23. The van der Waals surface area contributed by atoms with E-state index in [9.17, 15) is 15.0 Å². The summed E-state index contributed by atoms with van der Waals surface area (Å²) >= 11 is 0. The number of hydrogen-bond donors (Lipinski definition) is 2. The number of benzene rings is 1.